The number of halogens is 1. The highest BCUT2D eigenvalue weighted by atomic mass is 19.1. The van der Waals surface area contributed by atoms with Gasteiger partial charge in [-0.05, 0) is 55.3 Å². The largest absolute Gasteiger partial charge is 0.507 e. The van der Waals surface area contributed by atoms with E-state index >= 15 is 4.39 Å². The molecule has 6 nitrogen and oxygen atoms in total. The molecule has 1 unspecified atom stereocenters. The summed E-state index contributed by atoms with van der Waals surface area (Å²) in [4.78, 5) is 27.8. The van der Waals surface area contributed by atoms with E-state index in [0.29, 0.717) is 11.4 Å². The van der Waals surface area contributed by atoms with Gasteiger partial charge in [0.1, 0.15) is 23.1 Å². The zero-order chi connectivity index (χ0) is 24.6. The molecule has 34 heavy (non-hydrogen) atoms. The fraction of sp³-hybridized carbons (Fsp3) is 0.185. The van der Waals surface area contributed by atoms with Crippen molar-refractivity contribution in [2.45, 2.75) is 19.9 Å². The summed E-state index contributed by atoms with van der Waals surface area (Å²) in [6.45, 7) is 3.81. The summed E-state index contributed by atoms with van der Waals surface area (Å²) in [6, 6.07) is 14.7. The lowest BCUT2D eigenvalue weighted by Crippen LogP contribution is -2.30. The summed E-state index contributed by atoms with van der Waals surface area (Å²) in [7, 11) is 2.90. The number of anilines is 1. The van der Waals surface area contributed by atoms with Crippen LogP contribution in [0.2, 0.25) is 0 Å². The van der Waals surface area contributed by atoms with Crippen molar-refractivity contribution >= 4 is 23.1 Å². The van der Waals surface area contributed by atoms with Gasteiger partial charge in [-0.3, -0.25) is 14.5 Å². The highest BCUT2D eigenvalue weighted by Crippen LogP contribution is 2.44. The molecule has 0 radical (unpaired) electrons. The minimum Gasteiger partial charge on any atom is -0.507 e. The Bertz CT molecular complexity index is 1330. The first-order valence-electron chi connectivity index (χ1n) is 10.6. The number of methoxy groups -OCH3 is 2. The van der Waals surface area contributed by atoms with Crippen LogP contribution in [0.3, 0.4) is 0 Å². The monoisotopic (exact) mass is 461 g/mol. The molecule has 1 N–H and O–H groups in total. The number of hydrogen-bond acceptors (Lipinski definition) is 5. The van der Waals surface area contributed by atoms with Gasteiger partial charge in [0, 0.05) is 17.3 Å². The number of carbonyl (C=O) groups excluding carboxylic acids is 2. The number of aryl methyl sites for hydroxylation is 2. The van der Waals surface area contributed by atoms with Gasteiger partial charge in [0.15, 0.2) is 0 Å². The molecule has 7 heteroatoms. The van der Waals surface area contributed by atoms with Crippen molar-refractivity contribution in [3.63, 3.8) is 0 Å². The van der Waals surface area contributed by atoms with Crippen molar-refractivity contribution in [3.8, 4) is 11.5 Å². The van der Waals surface area contributed by atoms with Crippen LogP contribution in [0.1, 0.15) is 28.3 Å². The summed E-state index contributed by atoms with van der Waals surface area (Å²) in [6.07, 6.45) is 0. The first kappa shape index (κ1) is 23.0. The quantitative estimate of drug-likeness (QED) is 0.326. The van der Waals surface area contributed by atoms with Crippen molar-refractivity contribution in [3.05, 3.63) is 94.3 Å². The third kappa shape index (κ3) is 3.79. The molecule has 1 saturated heterocycles. The van der Waals surface area contributed by atoms with Gasteiger partial charge >= 0.3 is 0 Å². The lowest BCUT2D eigenvalue weighted by molar-refractivity contribution is -0.132. The molecular formula is C27H24FNO5. The Kier molecular flexibility index (Phi) is 6.11. The van der Waals surface area contributed by atoms with E-state index in [1.165, 1.54) is 43.4 Å². The lowest BCUT2D eigenvalue weighted by Gasteiger charge is -2.26. The zero-order valence-corrected chi connectivity index (χ0v) is 19.3. The molecule has 0 saturated carbocycles. The van der Waals surface area contributed by atoms with Gasteiger partial charge in [-0.25, -0.2) is 4.39 Å². The van der Waals surface area contributed by atoms with Gasteiger partial charge in [-0.2, -0.15) is 0 Å². The number of aliphatic hydroxyl groups is 1. The molecule has 3 aromatic rings. The van der Waals surface area contributed by atoms with Gasteiger partial charge in [0.25, 0.3) is 11.7 Å². The van der Waals surface area contributed by atoms with E-state index in [4.69, 9.17) is 9.47 Å². The van der Waals surface area contributed by atoms with Gasteiger partial charge < -0.3 is 14.6 Å². The topological polar surface area (TPSA) is 76.1 Å². The Morgan fingerprint density at radius 1 is 0.941 bits per heavy atom. The Labute approximate surface area is 196 Å². The molecule has 3 aromatic carbocycles. The second-order valence-electron chi connectivity index (χ2n) is 8.03. The Morgan fingerprint density at radius 3 is 2.32 bits per heavy atom. The highest BCUT2D eigenvalue weighted by Gasteiger charge is 2.48. The maximum Gasteiger partial charge on any atom is 0.300 e. The Balaban J connectivity index is 1.99. The fourth-order valence-corrected chi connectivity index (χ4v) is 4.10. The second-order valence-corrected chi connectivity index (χ2v) is 8.03. The molecule has 1 aliphatic rings. The third-order valence-corrected chi connectivity index (χ3v) is 6.08. The Morgan fingerprint density at radius 2 is 1.68 bits per heavy atom. The summed E-state index contributed by atoms with van der Waals surface area (Å²) in [5.41, 5.74) is 2.39. The number of amides is 1. The highest BCUT2D eigenvalue weighted by molar-refractivity contribution is 6.51. The lowest BCUT2D eigenvalue weighted by atomic mass is 9.94. The second kappa shape index (κ2) is 9.02. The normalized spacial score (nSPS) is 17.2. The number of rotatable bonds is 5. The number of benzene rings is 3. The van der Waals surface area contributed by atoms with Crippen molar-refractivity contribution in [1.29, 1.82) is 0 Å². The molecular weight excluding hydrogens is 437 g/mol. The Hall–Kier alpha value is -4.13. The summed E-state index contributed by atoms with van der Waals surface area (Å²) in [5, 5.41) is 11.3. The molecule has 1 heterocycles. The van der Waals surface area contributed by atoms with Crippen LogP contribution in [0.15, 0.2) is 66.2 Å². The molecule has 1 aliphatic heterocycles. The van der Waals surface area contributed by atoms with E-state index in [9.17, 15) is 14.7 Å². The SMILES string of the molecule is COc1ccc(/C(O)=C2\C(=O)C(=O)N(c3ccc(C)c(C)c3)C2c2ccccc2F)c(OC)c1. The van der Waals surface area contributed by atoms with Crippen molar-refractivity contribution in [1.82, 2.24) is 0 Å². The maximum absolute atomic E-state index is 15.0. The maximum atomic E-state index is 15.0. The molecule has 0 bridgehead atoms. The molecule has 0 aliphatic carbocycles. The number of carbonyl (C=O) groups is 2. The standard InChI is InChI=1S/C27H24FNO5/c1-15-9-10-17(13-16(15)2)29-24(19-7-5-6-8-21(19)28)23(26(31)27(29)32)25(30)20-12-11-18(33-3)14-22(20)34-4/h5-14,24,30H,1-4H3/b25-23+. The van der Waals surface area contributed by atoms with Crippen LogP contribution in [-0.2, 0) is 9.59 Å². The third-order valence-electron chi connectivity index (χ3n) is 6.08. The predicted octanol–water partition coefficient (Wildman–Crippen LogP) is 5.09. The molecule has 1 atom stereocenters. The van der Waals surface area contributed by atoms with Crippen LogP contribution in [0, 0.1) is 19.7 Å². The number of ketones is 1. The van der Waals surface area contributed by atoms with Crippen LogP contribution in [0.25, 0.3) is 5.76 Å². The number of aliphatic hydroxyl groups excluding tert-OH is 1. The number of nitrogens with zero attached hydrogens (tertiary/aromatic N) is 1. The fourth-order valence-electron chi connectivity index (χ4n) is 4.10. The van der Waals surface area contributed by atoms with Gasteiger partial charge in [-0.15, -0.1) is 0 Å². The van der Waals surface area contributed by atoms with Crippen molar-refractivity contribution < 1.29 is 28.6 Å². The molecule has 174 valence electrons. The first-order chi connectivity index (χ1) is 16.3. The average molecular weight is 461 g/mol. The van der Waals surface area contributed by atoms with Gasteiger partial charge in [0.2, 0.25) is 0 Å². The van der Waals surface area contributed by atoms with E-state index in [1.807, 2.05) is 19.9 Å². The predicted molar refractivity (Wildman–Crippen MR) is 127 cm³/mol. The van der Waals surface area contributed by atoms with E-state index in [0.717, 1.165) is 11.1 Å². The molecule has 4 rings (SSSR count). The van der Waals surface area contributed by atoms with Crippen molar-refractivity contribution in [2.75, 3.05) is 19.1 Å². The molecule has 1 fully saturated rings. The molecule has 1 amide bonds. The van der Waals surface area contributed by atoms with Crippen LogP contribution in [-0.4, -0.2) is 31.0 Å². The van der Waals surface area contributed by atoms with Crippen LogP contribution in [0.5, 0.6) is 11.5 Å². The average Bonchev–Trinajstić information content (AvgIpc) is 3.10. The molecule has 0 aromatic heterocycles. The van der Waals surface area contributed by atoms with Crippen molar-refractivity contribution in [2.24, 2.45) is 0 Å². The summed E-state index contributed by atoms with van der Waals surface area (Å²) in [5.74, 6) is -2.11. The van der Waals surface area contributed by atoms with Crippen LogP contribution >= 0.6 is 0 Å². The van der Waals surface area contributed by atoms with Crippen LogP contribution in [0.4, 0.5) is 10.1 Å². The van der Waals surface area contributed by atoms with E-state index in [1.54, 1.807) is 30.3 Å². The zero-order valence-electron chi connectivity index (χ0n) is 19.3. The minimum atomic E-state index is -1.17. The number of ether oxygens (including phenoxy) is 2. The van der Waals surface area contributed by atoms with E-state index in [-0.39, 0.29) is 22.4 Å². The van der Waals surface area contributed by atoms with Gasteiger partial charge in [-0.1, -0.05) is 24.3 Å². The first-order valence-corrected chi connectivity index (χ1v) is 10.6. The smallest absolute Gasteiger partial charge is 0.300 e. The van der Waals surface area contributed by atoms with Crippen LogP contribution < -0.4 is 14.4 Å². The minimum absolute atomic E-state index is 0.0916. The summed E-state index contributed by atoms with van der Waals surface area (Å²) >= 11 is 0. The van der Waals surface area contributed by atoms with E-state index in [2.05, 4.69) is 0 Å². The molecule has 0 spiro atoms. The summed E-state index contributed by atoms with van der Waals surface area (Å²) < 4.78 is 25.6. The number of Topliss-reactive ketones (excluding diaryl/α,β-unsaturated/α-hetero) is 1. The van der Waals surface area contributed by atoms with E-state index < -0.39 is 29.3 Å². The number of hydrogen-bond donors (Lipinski definition) is 1. The van der Waals surface area contributed by atoms with Gasteiger partial charge in [0.05, 0.1) is 31.4 Å².